The number of rotatable bonds is 2. The molecule has 0 aliphatic carbocycles. The van der Waals surface area contributed by atoms with Gasteiger partial charge in [0.25, 0.3) is 5.91 Å². The maximum atomic E-state index is 12.4. The summed E-state index contributed by atoms with van der Waals surface area (Å²) in [6, 6.07) is 7.81. The number of halogens is 1. The molecule has 0 fully saturated rings. The molecule has 1 amide bonds. The van der Waals surface area contributed by atoms with Gasteiger partial charge in [0, 0.05) is 28.3 Å². The van der Waals surface area contributed by atoms with Gasteiger partial charge in [-0.25, -0.2) is 0 Å². The summed E-state index contributed by atoms with van der Waals surface area (Å²) in [4.78, 5) is 18.1. The molecule has 2 aliphatic rings. The van der Waals surface area contributed by atoms with Crippen molar-refractivity contribution >= 4 is 46.3 Å². The van der Waals surface area contributed by atoms with Crippen molar-refractivity contribution in [2.45, 2.75) is 20.8 Å². The Kier molecular flexibility index (Phi) is 4.32. The largest absolute Gasteiger partial charge is 0.318 e. The van der Waals surface area contributed by atoms with E-state index in [0.29, 0.717) is 15.8 Å². The van der Waals surface area contributed by atoms with Crippen LogP contribution in [-0.2, 0) is 4.79 Å². The van der Waals surface area contributed by atoms with Crippen LogP contribution >= 0.6 is 23.4 Å². The van der Waals surface area contributed by atoms with Gasteiger partial charge < -0.3 is 4.57 Å². The third kappa shape index (κ3) is 2.95. The van der Waals surface area contributed by atoms with Crippen molar-refractivity contribution in [3.8, 4) is 5.69 Å². The Morgan fingerprint density at radius 1 is 1.22 bits per heavy atom. The van der Waals surface area contributed by atoms with Crippen molar-refractivity contribution in [3.63, 3.8) is 0 Å². The molecule has 1 aromatic carbocycles. The first-order chi connectivity index (χ1) is 12.9. The molecule has 0 atom stereocenters. The number of fused-ring (bicyclic) bond motifs is 1. The number of carbonyl (C=O) groups is 1. The molecule has 27 heavy (non-hydrogen) atoms. The average Bonchev–Trinajstić information content (AvgIpc) is 3.17. The van der Waals surface area contributed by atoms with Crippen LogP contribution in [0, 0.1) is 26.2 Å². The van der Waals surface area contributed by atoms with E-state index in [-0.39, 0.29) is 11.7 Å². The van der Waals surface area contributed by atoms with Gasteiger partial charge in [0.2, 0.25) is 0 Å². The first kappa shape index (κ1) is 17.8. The highest BCUT2D eigenvalue weighted by molar-refractivity contribution is 8.16. The molecular weight excluding hydrogens is 380 g/mol. The second-order valence-electron chi connectivity index (χ2n) is 6.47. The maximum Gasteiger partial charge on any atom is 0.283 e. The lowest BCUT2D eigenvalue weighted by Crippen LogP contribution is -2.35. The van der Waals surface area contributed by atoms with Gasteiger partial charge in [-0.1, -0.05) is 23.4 Å². The van der Waals surface area contributed by atoms with E-state index in [0.717, 1.165) is 28.2 Å². The number of aryl methyl sites for hydroxylation is 2. The zero-order valence-corrected chi connectivity index (χ0v) is 16.6. The fourth-order valence-corrected chi connectivity index (χ4v) is 4.29. The number of carbonyl (C=O) groups excluding carboxylic acids is 1. The maximum absolute atomic E-state index is 12.4. The lowest BCUT2D eigenvalue weighted by atomic mass is 10.1. The number of aliphatic imine (C=N–C) groups is 1. The zero-order chi connectivity index (χ0) is 19.3. The third-order valence-corrected chi connectivity index (χ3v) is 5.67. The lowest BCUT2D eigenvalue weighted by Gasteiger charge is -2.22. The Balaban J connectivity index is 1.80. The van der Waals surface area contributed by atoms with Crippen LogP contribution in [0.4, 0.5) is 0 Å². The van der Waals surface area contributed by atoms with Crippen LogP contribution in [-0.4, -0.2) is 26.4 Å². The van der Waals surface area contributed by atoms with Gasteiger partial charge >= 0.3 is 0 Å². The minimum absolute atomic E-state index is 0.152. The van der Waals surface area contributed by atoms with Gasteiger partial charge in [-0.05, 0) is 67.6 Å². The van der Waals surface area contributed by atoms with Crippen molar-refractivity contribution in [1.82, 2.24) is 9.47 Å². The number of amidine groups is 2. The topological polar surface area (TPSA) is 61.5 Å². The Labute approximate surface area is 166 Å². The van der Waals surface area contributed by atoms with E-state index in [1.807, 2.05) is 50.4 Å². The predicted molar refractivity (Wildman–Crippen MR) is 112 cm³/mol. The number of hydrogen-bond donors (Lipinski definition) is 1. The molecular formula is C20H17ClN4OS. The second-order valence-corrected chi connectivity index (χ2v) is 7.78. The molecule has 7 heteroatoms. The SMILES string of the molecule is Cc1cc(Cl)ccc1-n1c(C)cc(/C=C2/C(=N)N3C=CSC3=NC2=O)c1C. The van der Waals surface area contributed by atoms with Crippen molar-refractivity contribution in [2.24, 2.45) is 4.99 Å². The highest BCUT2D eigenvalue weighted by atomic mass is 35.5. The van der Waals surface area contributed by atoms with Gasteiger partial charge in [-0.2, -0.15) is 4.99 Å². The van der Waals surface area contributed by atoms with Crippen LogP contribution in [0.25, 0.3) is 11.8 Å². The van der Waals surface area contributed by atoms with Crippen LogP contribution in [0.1, 0.15) is 22.5 Å². The number of benzene rings is 1. The Morgan fingerprint density at radius 3 is 2.74 bits per heavy atom. The molecule has 0 bridgehead atoms. The van der Waals surface area contributed by atoms with Crippen LogP contribution in [0.5, 0.6) is 0 Å². The van der Waals surface area contributed by atoms with Crippen molar-refractivity contribution in [1.29, 1.82) is 5.41 Å². The van der Waals surface area contributed by atoms with E-state index in [1.54, 1.807) is 17.2 Å². The van der Waals surface area contributed by atoms with Gasteiger partial charge in [-0.15, -0.1) is 0 Å². The number of aromatic nitrogens is 1. The molecule has 1 aromatic heterocycles. The lowest BCUT2D eigenvalue weighted by molar-refractivity contribution is -0.114. The minimum atomic E-state index is -0.380. The summed E-state index contributed by atoms with van der Waals surface area (Å²) in [6.45, 7) is 6.05. The molecule has 4 rings (SSSR count). The Bertz CT molecular complexity index is 1090. The minimum Gasteiger partial charge on any atom is -0.318 e. The smallest absolute Gasteiger partial charge is 0.283 e. The third-order valence-electron chi connectivity index (χ3n) is 4.68. The van der Waals surface area contributed by atoms with Crippen LogP contribution < -0.4 is 0 Å². The molecule has 5 nitrogen and oxygen atoms in total. The predicted octanol–water partition coefficient (Wildman–Crippen LogP) is 4.83. The molecule has 0 unspecified atom stereocenters. The summed E-state index contributed by atoms with van der Waals surface area (Å²) >= 11 is 7.43. The van der Waals surface area contributed by atoms with Crippen LogP contribution in [0.3, 0.4) is 0 Å². The standard InChI is InChI=1S/C20H17ClN4OS/c1-11-8-15(21)4-5-17(11)25-12(2)9-14(13(25)3)10-16-18(22)24-6-7-27-20(24)23-19(16)26/h4-10,22H,1-3H3/b16-10-,22-18?. The highest BCUT2D eigenvalue weighted by Crippen LogP contribution is 2.30. The number of nitrogens with one attached hydrogen (secondary N) is 1. The van der Waals surface area contributed by atoms with E-state index < -0.39 is 0 Å². The van der Waals surface area contributed by atoms with Crippen molar-refractivity contribution in [2.75, 3.05) is 0 Å². The molecule has 2 aromatic rings. The molecule has 2 aliphatic heterocycles. The monoisotopic (exact) mass is 396 g/mol. The Hall–Kier alpha value is -2.57. The fraction of sp³-hybridized carbons (Fsp3) is 0.150. The molecule has 136 valence electrons. The first-order valence-corrected chi connectivity index (χ1v) is 9.64. The summed E-state index contributed by atoms with van der Waals surface area (Å²) in [7, 11) is 0. The number of nitrogens with zero attached hydrogens (tertiary/aromatic N) is 3. The highest BCUT2D eigenvalue weighted by Gasteiger charge is 2.31. The van der Waals surface area contributed by atoms with Crippen molar-refractivity contribution in [3.05, 3.63) is 69.0 Å². The van der Waals surface area contributed by atoms with E-state index in [9.17, 15) is 4.79 Å². The molecule has 3 heterocycles. The summed E-state index contributed by atoms with van der Waals surface area (Å²) in [5.41, 5.74) is 5.33. The van der Waals surface area contributed by atoms with Gasteiger partial charge in [0.1, 0.15) is 5.84 Å². The molecule has 0 spiro atoms. The quantitative estimate of drug-likeness (QED) is 0.739. The Morgan fingerprint density at radius 2 is 2.00 bits per heavy atom. The van der Waals surface area contributed by atoms with Gasteiger partial charge in [0.05, 0.1) is 5.57 Å². The summed E-state index contributed by atoms with van der Waals surface area (Å²) in [5.74, 6) is -0.228. The average molecular weight is 397 g/mol. The van der Waals surface area contributed by atoms with Crippen molar-refractivity contribution < 1.29 is 4.79 Å². The number of thioether (sulfide) groups is 1. The second kappa shape index (κ2) is 6.55. The molecule has 1 N–H and O–H groups in total. The first-order valence-electron chi connectivity index (χ1n) is 8.38. The molecule has 0 saturated carbocycles. The van der Waals surface area contributed by atoms with E-state index in [4.69, 9.17) is 17.0 Å². The van der Waals surface area contributed by atoms with Crippen LogP contribution in [0.15, 0.2) is 46.4 Å². The number of hydrogen-bond acceptors (Lipinski definition) is 3. The molecule has 0 saturated heterocycles. The van der Waals surface area contributed by atoms with Gasteiger partial charge in [0.15, 0.2) is 5.17 Å². The van der Waals surface area contributed by atoms with E-state index in [1.165, 1.54) is 11.8 Å². The van der Waals surface area contributed by atoms with E-state index >= 15 is 0 Å². The summed E-state index contributed by atoms with van der Waals surface area (Å²) in [6.07, 6.45) is 3.51. The fourth-order valence-electron chi connectivity index (χ4n) is 3.36. The normalized spacial score (nSPS) is 17.7. The molecule has 0 radical (unpaired) electrons. The summed E-state index contributed by atoms with van der Waals surface area (Å²) < 4.78 is 2.13. The van der Waals surface area contributed by atoms with Gasteiger partial charge in [-0.3, -0.25) is 15.1 Å². The number of amides is 1. The van der Waals surface area contributed by atoms with Crippen LogP contribution in [0.2, 0.25) is 5.02 Å². The zero-order valence-electron chi connectivity index (χ0n) is 15.1. The van der Waals surface area contributed by atoms with E-state index in [2.05, 4.69) is 9.56 Å². The summed E-state index contributed by atoms with van der Waals surface area (Å²) in [5, 5.41) is 11.4.